The Morgan fingerprint density at radius 3 is 2.45 bits per heavy atom. The third kappa shape index (κ3) is 7.73. The first kappa shape index (κ1) is 10.8. The van der Waals surface area contributed by atoms with E-state index in [4.69, 9.17) is 10.2 Å². The molecule has 5 nitrogen and oxygen atoms in total. The Balaban J connectivity index is 3.43. The first-order chi connectivity index (χ1) is 4.95. The van der Waals surface area contributed by atoms with Crippen LogP contribution in [0.1, 0.15) is 6.42 Å². The van der Waals surface area contributed by atoms with E-state index in [2.05, 4.69) is 4.72 Å². The molecule has 0 rings (SSSR count). The summed E-state index contributed by atoms with van der Waals surface area (Å²) >= 11 is 0. The molecule has 1 atom stereocenters. The average molecular weight is 183 g/mol. The van der Waals surface area contributed by atoms with Crippen LogP contribution in [0.25, 0.3) is 0 Å². The van der Waals surface area contributed by atoms with Crippen LogP contribution in [0.15, 0.2) is 0 Å². The van der Waals surface area contributed by atoms with Crippen molar-refractivity contribution < 1.29 is 18.6 Å². The van der Waals surface area contributed by atoms with Crippen molar-refractivity contribution in [1.82, 2.24) is 4.72 Å². The zero-order valence-electron chi connectivity index (χ0n) is 6.32. The summed E-state index contributed by atoms with van der Waals surface area (Å²) < 4.78 is 23.1. The van der Waals surface area contributed by atoms with Gasteiger partial charge in [0, 0.05) is 6.54 Å². The van der Waals surface area contributed by atoms with Crippen molar-refractivity contribution in [3.05, 3.63) is 0 Å². The van der Waals surface area contributed by atoms with Gasteiger partial charge in [0.05, 0.1) is 19.0 Å². The summed E-state index contributed by atoms with van der Waals surface area (Å²) in [7, 11) is -3.17. The number of aliphatic hydroxyl groups excluding tert-OH is 2. The van der Waals surface area contributed by atoms with E-state index in [1.54, 1.807) is 0 Å². The second kappa shape index (κ2) is 4.66. The molecular weight excluding hydrogens is 170 g/mol. The van der Waals surface area contributed by atoms with Gasteiger partial charge in [-0.3, -0.25) is 0 Å². The molecular formula is C5H13NO4S. The van der Waals surface area contributed by atoms with Gasteiger partial charge in [0.2, 0.25) is 10.0 Å². The fourth-order valence-electron chi connectivity index (χ4n) is 0.502. The molecule has 0 amide bonds. The fourth-order valence-corrected chi connectivity index (χ4v) is 0.991. The summed E-state index contributed by atoms with van der Waals surface area (Å²) in [4.78, 5) is 0. The molecule has 6 heteroatoms. The van der Waals surface area contributed by atoms with E-state index in [0.717, 1.165) is 6.26 Å². The summed E-state index contributed by atoms with van der Waals surface area (Å²) in [5.41, 5.74) is 0. The molecule has 0 aromatic carbocycles. The molecule has 0 fully saturated rings. The summed E-state index contributed by atoms with van der Waals surface area (Å²) in [6.45, 7) is -0.188. The Bertz CT molecular complexity index is 189. The lowest BCUT2D eigenvalue weighted by Crippen LogP contribution is -2.27. The molecule has 0 aromatic heterocycles. The Morgan fingerprint density at radius 2 is 2.09 bits per heavy atom. The van der Waals surface area contributed by atoms with Crippen molar-refractivity contribution in [2.75, 3.05) is 19.4 Å². The molecule has 0 spiro atoms. The van der Waals surface area contributed by atoms with Gasteiger partial charge in [-0.2, -0.15) is 0 Å². The lowest BCUT2D eigenvalue weighted by atomic mass is 10.3. The molecule has 11 heavy (non-hydrogen) atoms. The average Bonchev–Trinajstić information content (AvgIpc) is 1.85. The van der Waals surface area contributed by atoms with Crippen molar-refractivity contribution in [3.63, 3.8) is 0 Å². The first-order valence-electron chi connectivity index (χ1n) is 3.19. The Hall–Kier alpha value is -0.170. The zero-order chi connectivity index (χ0) is 8.91. The second-order valence-corrected chi connectivity index (χ2v) is 4.12. The smallest absolute Gasteiger partial charge is 0.208 e. The lowest BCUT2D eigenvalue weighted by Gasteiger charge is -2.05. The van der Waals surface area contributed by atoms with Crippen molar-refractivity contribution in [2.45, 2.75) is 12.5 Å². The Labute approximate surface area is 66.1 Å². The van der Waals surface area contributed by atoms with Crippen LogP contribution >= 0.6 is 0 Å². The molecule has 0 saturated carbocycles. The lowest BCUT2D eigenvalue weighted by molar-refractivity contribution is 0.0895. The second-order valence-electron chi connectivity index (χ2n) is 2.29. The van der Waals surface area contributed by atoms with Crippen molar-refractivity contribution in [2.24, 2.45) is 0 Å². The van der Waals surface area contributed by atoms with E-state index >= 15 is 0 Å². The minimum atomic E-state index is -3.17. The maximum atomic E-state index is 10.4. The van der Waals surface area contributed by atoms with Gasteiger partial charge in [-0.15, -0.1) is 0 Å². The maximum absolute atomic E-state index is 10.4. The number of aliphatic hydroxyl groups is 2. The fraction of sp³-hybridized carbons (Fsp3) is 1.00. The molecule has 0 aliphatic rings. The highest BCUT2D eigenvalue weighted by Gasteiger charge is 2.03. The Morgan fingerprint density at radius 1 is 1.55 bits per heavy atom. The van der Waals surface area contributed by atoms with Gasteiger partial charge in [-0.1, -0.05) is 0 Å². The van der Waals surface area contributed by atoms with Crippen LogP contribution < -0.4 is 4.72 Å². The van der Waals surface area contributed by atoms with Crippen LogP contribution in [0.4, 0.5) is 0 Å². The summed E-state index contributed by atoms with van der Waals surface area (Å²) in [6, 6.07) is 0. The monoisotopic (exact) mass is 183 g/mol. The molecule has 68 valence electrons. The number of hydrogen-bond acceptors (Lipinski definition) is 4. The van der Waals surface area contributed by atoms with Crippen molar-refractivity contribution >= 4 is 10.0 Å². The van der Waals surface area contributed by atoms with E-state index in [0.29, 0.717) is 0 Å². The highest BCUT2D eigenvalue weighted by atomic mass is 32.2. The SMILES string of the molecule is CS(=O)(=O)NCCC(O)CO. The predicted molar refractivity (Wildman–Crippen MR) is 40.6 cm³/mol. The van der Waals surface area contributed by atoms with Gasteiger partial charge in [0.15, 0.2) is 0 Å². The molecule has 0 heterocycles. The van der Waals surface area contributed by atoms with E-state index < -0.39 is 16.1 Å². The van der Waals surface area contributed by atoms with Crippen LogP contribution in [0.2, 0.25) is 0 Å². The molecule has 0 saturated heterocycles. The van der Waals surface area contributed by atoms with Gasteiger partial charge < -0.3 is 10.2 Å². The van der Waals surface area contributed by atoms with Gasteiger partial charge >= 0.3 is 0 Å². The van der Waals surface area contributed by atoms with E-state index in [1.807, 2.05) is 0 Å². The summed E-state index contributed by atoms with van der Waals surface area (Å²) in [6.07, 6.45) is 0.422. The number of rotatable bonds is 5. The van der Waals surface area contributed by atoms with Crippen LogP contribution in [0.3, 0.4) is 0 Å². The molecule has 0 aliphatic heterocycles. The van der Waals surface area contributed by atoms with Crippen molar-refractivity contribution in [1.29, 1.82) is 0 Å². The standard InChI is InChI=1S/C5H13NO4S/c1-11(9,10)6-3-2-5(8)4-7/h5-8H,2-4H2,1H3. The largest absolute Gasteiger partial charge is 0.394 e. The number of hydrogen-bond donors (Lipinski definition) is 3. The van der Waals surface area contributed by atoms with E-state index in [1.165, 1.54) is 0 Å². The molecule has 1 unspecified atom stereocenters. The minimum Gasteiger partial charge on any atom is -0.394 e. The maximum Gasteiger partial charge on any atom is 0.208 e. The van der Waals surface area contributed by atoms with Crippen LogP contribution in [-0.2, 0) is 10.0 Å². The van der Waals surface area contributed by atoms with Gasteiger partial charge in [-0.25, -0.2) is 13.1 Å². The zero-order valence-corrected chi connectivity index (χ0v) is 7.13. The van der Waals surface area contributed by atoms with Gasteiger partial charge in [0.25, 0.3) is 0 Å². The molecule has 0 bridgehead atoms. The molecule has 0 radical (unpaired) electrons. The van der Waals surface area contributed by atoms with Crippen LogP contribution in [0, 0.1) is 0 Å². The quantitative estimate of drug-likeness (QED) is 0.473. The third-order valence-corrected chi connectivity index (χ3v) is 1.78. The van der Waals surface area contributed by atoms with Crippen LogP contribution in [-0.4, -0.2) is 44.1 Å². The summed E-state index contributed by atoms with van der Waals surface area (Å²) in [5.74, 6) is 0. The number of nitrogens with one attached hydrogen (secondary N) is 1. The predicted octanol–water partition coefficient (Wildman–Crippen LogP) is -1.72. The minimum absolute atomic E-state index is 0.153. The first-order valence-corrected chi connectivity index (χ1v) is 5.08. The van der Waals surface area contributed by atoms with Crippen molar-refractivity contribution in [3.8, 4) is 0 Å². The summed E-state index contributed by atoms with van der Waals surface area (Å²) in [5, 5.41) is 17.1. The highest BCUT2D eigenvalue weighted by Crippen LogP contribution is 1.87. The highest BCUT2D eigenvalue weighted by molar-refractivity contribution is 7.88. The van der Waals surface area contributed by atoms with E-state index in [9.17, 15) is 8.42 Å². The molecule has 0 aromatic rings. The molecule has 0 aliphatic carbocycles. The number of sulfonamides is 1. The Kier molecular flexibility index (Phi) is 4.58. The van der Waals surface area contributed by atoms with E-state index in [-0.39, 0.29) is 19.6 Å². The van der Waals surface area contributed by atoms with Crippen LogP contribution in [0.5, 0.6) is 0 Å². The van der Waals surface area contributed by atoms with Gasteiger partial charge in [-0.05, 0) is 6.42 Å². The van der Waals surface area contributed by atoms with Gasteiger partial charge in [0.1, 0.15) is 0 Å². The topological polar surface area (TPSA) is 86.6 Å². The molecule has 3 N–H and O–H groups in total. The third-order valence-electron chi connectivity index (χ3n) is 1.05. The normalized spacial score (nSPS) is 14.8.